The van der Waals surface area contributed by atoms with Crippen molar-refractivity contribution in [3.63, 3.8) is 0 Å². The highest BCUT2D eigenvalue weighted by atomic mass is 35.5. The third kappa shape index (κ3) is 7.59. The van der Waals surface area contributed by atoms with Gasteiger partial charge in [-0.05, 0) is 60.9 Å². The average molecular weight is 657 g/mol. The summed E-state index contributed by atoms with van der Waals surface area (Å²) in [5.41, 5.74) is 5.98. The van der Waals surface area contributed by atoms with Gasteiger partial charge in [-0.15, -0.1) is 0 Å². The van der Waals surface area contributed by atoms with E-state index in [1.54, 1.807) is 27.0 Å². The summed E-state index contributed by atoms with van der Waals surface area (Å²) >= 11 is 6.44. The SMILES string of the molecule is CC(C)[C@H](N)C(=O)N(C)[C@H]1C[C@@H](c2cccc(C(F)(F)F)c2)CC[C@@H]1Nc1cc(F)c(S(=O)(=O)Nc2ccncn2)cc1Cl. The molecule has 1 aliphatic rings. The van der Waals surface area contributed by atoms with Crippen molar-refractivity contribution in [2.45, 2.75) is 68.2 Å². The second kappa shape index (κ2) is 13.2. The van der Waals surface area contributed by atoms with Gasteiger partial charge in [-0.25, -0.2) is 22.8 Å². The molecule has 4 rings (SSSR count). The molecule has 0 bridgehead atoms. The Bertz CT molecular complexity index is 1590. The van der Waals surface area contributed by atoms with E-state index < -0.39 is 50.6 Å². The molecule has 1 heterocycles. The number of carbonyl (C=O) groups is 1. The van der Waals surface area contributed by atoms with Crippen LogP contribution in [-0.2, 0) is 21.0 Å². The number of rotatable bonds is 9. The van der Waals surface area contributed by atoms with Crippen LogP contribution in [0.2, 0.25) is 5.02 Å². The van der Waals surface area contributed by atoms with E-state index in [1.807, 2.05) is 0 Å². The van der Waals surface area contributed by atoms with Crippen molar-refractivity contribution in [3.8, 4) is 0 Å². The number of nitrogens with two attached hydrogens (primary N) is 1. The maximum absolute atomic E-state index is 15.3. The minimum atomic E-state index is -4.50. The fourth-order valence-corrected chi connectivity index (χ4v) is 6.66. The number of benzene rings is 2. The van der Waals surface area contributed by atoms with E-state index in [-0.39, 0.29) is 34.3 Å². The molecule has 2 aromatic carbocycles. The Morgan fingerprint density at radius 1 is 1.16 bits per heavy atom. The quantitative estimate of drug-likeness (QED) is 0.254. The van der Waals surface area contributed by atoms with E-state index >= 15 is 4.39 Å². The molecule has 1 fully saturated rings. The minimum Gasteiger partial charge on any atom is -0.379 e. The highest BCUT2D eigenvalue weighted by molar-refractivity contribution is 7.92. The zero-order valence-electron chi connectivity index (χ0n) is 24.1. The normalized spacial score (nSPS) is 19.8. The zero-order valence-corrected chi connectivity index (χ0v) is 25.7. The molecule has 1 aromatic heterocycles. The lowest BCUT2D eigenvalue weighted by Gasteiger charge is -2.43. The van der Waals surface area contributed by atoms with Crippen molar-refractivity contribution < 1.29 is 30.8 Å². The molecule has 3 aromatic rings. The molecule has 15 heteroatoms. The molecule has 0 aliphatic heterocycles. The van der Waals surface area contributed by atoms with Gasteiger partial charge in [0.1, 0.15) is 22.9 Å². The molecule has 9 nitrogen and oxygen atoms in total. The Morgan fingerprint density at radius 2 is 1.89 bits per heavy atom. The molecule has 1 saturated carbocycles. The second-order valence-electron chi connectivity index (χ2n) is 11.1. The second-order valence-corrected chi connectivity index (χ2v) is 13.2. The van der Waals surface area contributed by atoms with E-state index in [2.05, 4.69) is 20.0 Å². The molecule has 0 saturated heterocycles. The highest BCUT2D eigenvalue weighted by Gasteiger charge is 2.39. The molecular weight excluding hydrogens is 624 g/mol. The third-order valence-corrected chi connectivity index (χ3v) is 9.51. The summed E-state index contributed by atoms with van der Waals surface area (Å²) in [6.07, 6.45) is -0.925. The number of amides is 1. The molecule has 0 unspecified atom stereocenters. The monoisotopic (exact) mass is 656 g/mol. The molecule has 0 radical (unpaired) electrons. The predicted molar refractivity (Wildman–Crippen MR) is 159 cm³/mol. The largest absolute Gasteiger partial charge is 0.416 e. The Morgan fingerprint density at radius 3 is 2.52 bits per heavy atom. The number of likely N-dealkylation sites (N-methyl/N-ethyl adjacent to an activating group) is 1. The van der Waals surface area contributed by atoms with Gasteiger partial charge in [0, 0.05) is 19.3 Å². The lowest BCUT2D eigenvalue weighted by Crippen LogP contribution is -2.55. The van der Waals surface area contributed by atoms with E-state index in [1.165, 1.54) is 23.2 Å². The van der Waals surface area contributed by atoms with Gasteiger partial charge in [-0.3, -0.25) is 9.52 Å². The molecule has 44 heavy (non-hydrogen) atoms. The summed E-state index contributed by atoms with van der Waals surface area (Å²) in [4.78, 5) is 21.6. The van der Waals surface area contributed by atoms with Gasteiger partial charge < -0.3 is 16.0 Å². The fourth-order valence-electron chi connectivity index (χ4n) is 5.29. The number of aromatic nitrogens is 2. The summed E-state index contributed by atoms with van der Waals surface area (Å²) in [5, 5.41) is 3.06. The van der Waals surface area contributed by atoms with Crippen LogP contribution < -0.4 is 15.8 Å². The molecule has 0 spiro atoms. The number of anilines is 2. The number of alkyl halides is 3. The first-order valence-electron chi connectivity index (χ1n) is 13.8. The number of hydrogen-bond acceptors (Lipinski definition) is 7. The average Bonchev–Trinajstić information content (AvgIpc) is 2.97. The summed E-state index contributed by atoms with van der Waals surface area (Å²) in [5.74, 6) is -1.98. The van der Waals surface area contributed by atoms with Crippen LogP contribution >= 0.6 is 11.6 Å². The molecular formula is C29H33ClF4N6O3S. The van der Waals surface area contributed by atoms with E-state index in [0.29, 0.717) is 24.8 Å². The van der Waals surface area contributed by atoms with E-state index in [0.717, 1.165) is 30.6 Å². The summed E-state index contributed by atoms with van der Waals surface area (Å²) < 4.78 is 83.4. The highest BCUT2D eigenvalue weighted by Crippen LogP contribution is 2.40. The maximum atomic E-state index is 15.3. The van der Waals surface area contributed by atoms with E-state index in [9.17, 15) is 26.4 Å². The van der Waals surface area contributed by atoms with Crippen molar-refractivity contribution in [3.05, 3.63) is 77.0 Å². The van der Waals surface area contributed by atoms with Crippen LogP contribution in [0.25, 0.3) is 0 Å². The summed E-state index contributed by atoms with van der Waals surface area (Å²) in [6, 6.07) is 6.45. The van der Waals surface area contributed by atoms with Crippen LogP contribution in [0.4, 0.5) is 29.1 Å². The lowest BCUT2D eigenvalue weighted by atomic mass is 9.77. The van der Waals surface area contributed by atoms with Crippen molar-refractivity contribution in [1.29, 1.82) is 0 Å². The first-order valence-corrected chi connectivity index (χ1v) is 15.7. The van der Waals surface area contributed by atoms with Crippen molar-refractivity contribution in [2.24, 2.45) is 11.7 Å². The van der Waals surface area contributed by atoms with E-state index in [4.69, 9.17) is 17.3 Å². The van der Waals surface area contributed by atoms with Gasteiger partial charge in [0.25, 0.3) is 10.0 Å². The minimum absolute atomic E-state index is 0.0644. The van der Waals surface area contributed by atoms with Gasteiger partial charge in [0.2, 0.25) is 5.91 Å². The van der Waals surface area contributed by atoms with Crippen LogP contribution in [0.15, 0.2) is 59.9 Å². The number of sulfonamides is 1. The predicted octanol–water partition coefficient (Wildman–Crippen LogP) is 5.65. The number of nitrogens with one attached hydrogen (secondary N) is 2. The number of carbonyl (C=O) groups excluding carboxylic acids is 1. The lowest BCUT2D eigenvalue weighted by molar-refractivity contribution is -0.137. The van der Waals surface area contributed by atoms with Crippen LogP contribution in [-0.4, -0.2) is 54.4 Å². The van der Waals surface area contributed by atoms with Crippen LogP contribution in [0.5, 0.6) is 0 Å². The van der Waals surface area contributed by atoms with Crippen LogP contribution in [0.3, 0.4) is 0 Å². The van der Waals surface area contributed by atoms with Gasteiger partial charge in [0.15, 0.2) is 0 Å². The molecule has 1 aliphatic carbocycles. The Hall–Kier alpha value is -3.49. The maximum Gasteiger partial charge on any atom is 0.416 e. The Kier molecular flexibility index (Phi) is 10.1. The first kappa shape index (κ1) is 33.4. The molecule has 4 N–H and O–H groups in total. The first-order chi connectivity index (χ1) is 20.6. The smallest absolute Gasteiger partial charge is 0.379 e. The Balaban J connectivity index is 1.63. The van der Waals surface area contributed by atoms with Crippen molar-refractivity contribution >= 4 is 39.0 Å². The Labute approximate surface area is 258 Å². The summed E-state index contributed by atoms with van der Waals surface area (Å²) in [7, 11) is -2.82. The third-order valence-electron chi connectivity index (χ3n) is 7.82. The summed E-state index contributed by atoms with van der Waals surface area (Å²) in [6.45, 7) is 3.60. The molecule has 238 valence electrons. The number of halogens is 5. The van der Waals surface area contributed by atoms with Crippen LogP contribution in [0.1, 0.15) is 50.2 Å². The van der Waals surface area contributed by atoms with Crippen LogP contribution in [0, 0.1) is 11.7 Å². The zero-order chi connectivity index (χ0) is 32.4. The number of nitrogens with zero attached hydrogens (tertiary/aromatic N) is 3. The topological polar surface area (TPSA) is 130 Å². The number of hydrogen-bond donors (Lipinski definition) is 3. The van der Waals surface area contributed by atoms with Gasteiger partial charge >= 0.3 is 6.18 Å². The van der Waals surface area contributed by atoms with Gasteiger partial charge in [0.05, 0.1) is 28.4 Å². The standard InChI is InChI=1S/C29H33ClF4N6O3S/c1-16(2)27(35)28(41)40(3)24-12-18(17-5-4-6-19(11-17)29(32,33)34)7-8-22(24)38-23-14-21(31)25(13-20(23)30)44(42,43)39-26-9-10-36-15-37-26/h4-6,9-11,13-16,18,22,24,27,38H,7-8,12,35H2,1-3H3,(H,36,37,39)/t18-,22-,24-,27-/m0/s1. The van der Waals surface area contributed by atoms with Crippen molar-refractivity contribution in [2.75, 3.05) is 17.1 Å². The molecule has 4 atom stereocenters. The van der Waals surface area contributed by atoms with Gasteiger partial charge in [-0.2, -0.15) is 13.2 Å². The van der Waals surface area contributed by atoms with Crippen molar-refractivity contribution in [1.82, 2.24) is 14.9 Å². The van der Waals surface area contributed by atoms with Gasteiger partial charge in [-0.1, -0.05) is 43.6 Å². The fraction of sp³-hybridized carbons (Fsp3) is 0.414. The molecule has 1 amide bonds.